The van der Waals surface area contributed by atoms with Crippen LogP contribution in [0.1, 0.15) is 35.8 Å². The highest BCUT2D eigenvalue weighted by atomic mass is 16.3. The Hall–Kier alpha value is -1.64. The van der Waals surface area contributed by atoms with Crippen LogP contribution in [0.4, 0.5) is 0 Å². The van der Waals surface area contributed by atoms with Crippen LogP contribution in [0, 0.1) is 5.92 Å². The van der Waals surface area contributed by atoms with Gasteiger partial charge < -0.3 is 5.11 Å². The average molecular weight is 307 g/mol. The van der Waals surface area contributed by atoms with Crippen LogP contribution in [-0.2, 0) is 0 Å². The van der Waals surface area contributed by atoms with Gasteiger partial charge in [0.25, 0.3) is 0 Å². The second-order valence-corrected chi connectivity index (χ2v) is 7.05. The zero-order chi connectivity index (χ0) is 15.6. The molecule has 0 aromatic heterocycles. The van der Waals surface area contributed by atoms with Crippen LogP contribution >= 0.6 is 0 Å². The molecule has 2 heteroatoms. The van der Waals surface area contributed by atoms with Gasteiger partial charge in [0.2, 0.25) is 0 Å². The van der Waals surface area contributed by atoms with E-state index in [-0.39, 0.29) is 6.61 Å². The van der Waals surface area contributed by atoms with Crippen molar-refractivity contribution in [3.8, 4) is 0 Å². The van der Waals surface area contributed by atoms with Crippen LogP contribution in [0.5, 0.6) is 0 Å². The number of piperidine rings is 2. The van der Waals surface area contributed by atoms with E-state index in [1.165, 1.54) is 17.5 Å². The predicted molar refractivity (Wildman–Crippen MR) is 93.5 cm³/mol. The van der Waals surface area contributed by atoms with E-state index >= 15 is 0 Å². The molecule has 0 saturated carbocycles. The number of hydrogen-bond donors (Lipinski definition) is 1. The average Bonchev–Trinajstić information content (AvgIpc) is 2.64. The third kappa shape index (κ3) is 2.82. The molecule has 2 saturated heterocycles. The van der Waals surface area contributed by atoms with Gasteiger partial charge in [0.15, 0.2) is 0 Å². The minimum Gasteiger partial charge on any atom is -0.395 e. The van der Waals surface area contributed by atoms with Crippen molar-refractivity contribution in [3.63, 3.8) is 0 Å². The van der Waals surface area contributed by atoms with E-state index in [9.17, 15) is 5.11 Å². The van der Waals surface area contributed by atoms with Crippen LogP contribution in [0.25, 0.3) is 0 Å². The summed E-state index contributed by atoms with van der Waals surface area (Å²) in [6.45, 7) is 2.51. The summed E-state index contributed by atoms with van der Waals surface area (Å²) in [5, 5.41) is 9.81. The molecule has 120 valence electrons. The predicted octanol–water partition coefficient (Wildman–Crippen LogP) is 3.64. The standard InChI is InChI=1S/C21H25NO/c23-15-18-13-20(17-9-5-2-6-10-17)21-14-22(18)12-11-19(21)16-7-3-1-4-8-16/h1-10,18-21,23H,11-15H2/t18-,19?,20+,21-/m0/s1. The maximum absolute atomic E-state index is 9.81. The maximum Gasteiger partial charge on any atom is 0.0587 e. The second kappa shape index (κ2) is 6.46. The number of aliphatic hydroxyl groups is 1. The first-order valence-corrected chi connectivity index (χ1v) is 8.81. The number of nitrogens with zero attached hydrogens (tertiary/aromatic N) is 1. The molecule has 2 unspecified atom stereocenters. The third-order valence-corrected chi connectivity index (χ3v) is 5.91. The monoisotopic (exact) mass is 307 g/mol. The summed E-state index contributed by atoms with van der Waals surface area (Å²) in [6.07, 6.45) is 2.28. The van der Waals surface area contributed by atoms with Crippen molar-refractivity contribution in [2.45, 2.75) is 30.7 Å². The Morgan fingerprint density at radius 3 is 2.09 bits per heavy atom. The number of rotatable bonds is 3. The summed E-state index contributed by atoms with van der Waals surface area (Å²) in [5.41, 5.74) is 2.93. The van der Waals surface area contributed by atoms with Crippen LogP contribution < -0.4 is 0 Å². The highest BCUT2D eigenvalue weighted by molar-refractivity contribution is 5.28. The van der Waals surface area contributed by atoms with E-state index in [2.05, 4.69) is 65.6 Å². The molecule has 2 aliphatic rings. The minimum absolute atomic E-state index is 0.284. The van der Waals surface area contributed by atoms with Gasteiger partial charge in [-0.15, -0.1) is 0 Å². The van der Waals surface area contributed by atoms with Crippen molar-refractivity contribution in [3.05, 3.63) is 71.8 Å². The van der Waals surface area contributed by atoms with Crippen LogP contribution in [-0.4, -0.2) is 35.7 Å². The molecule has 2 nitrogen and oxygen atoms in total. The molecule has 2 heterocycles. The minimum atomic E-state index is 0.284. The molecule has 2 fully saturated rings. The molecule has 0 radical (unpaired) electrons. The maximum atomic E-state index is 9.81. The largest absolute Gasteiger partial charge is 0.395 e. The molecule has 1 N–H and O–H groups in total. The van der Waals surface area contributed by atoms with Crippen LogP contribution in [0.2, 0.25) is 0 Å². The molecule has 2 aromatic carbocycles. The quantitative estimate of drug-likeness (QED) is 0.936. The van der Waals surface area contributed by atoms with Crippen LogP contribution in [0.3, 0.4) is 0 Å². The molecule has 2 aliphatic heterocycles. The number of fused-ring (bicyclic) bond motifs is 2. The van der Waals surface area contributed by atoms with E-state index in [0.29, 0.717) is 23.8 Å². The molecule has 2 bridgehead atoms. The summed E-state index contributed by atoms with van der Waals surface area (Å²) < 4.78 is 0. The zero-order valence-electron chi connectivity index (χ0n) is 13.5. The Morgan fingerprint density at radius 1 is 0.870 bits per heavy atom. The van der Waals surface area contributed by atoms with Gasteiger partial charge >= 0.3 is 0 Å². The lowest BCUT2D eigenvalue weighted by molar-refractivity contribution is 0.0103. The van der Waals surface area contributed by atoms with Crippen molar-refractivity contribution in [2.24, 2.45) is 5.92 Å². The topological polar surface area (TPSA) is 23.5 Å². The molecular weight excluding hydrogens is 282 g/mol. The molecule has 2 aromatic rings. The molecule has 5 atom stereocenters. The second-order valence-electron chi connectivity index (χ2n) is 7.05. The van der Waals surface area contributed by atoms with Gasteiger partial charge in [-0.25, -0.2) is 0 Å². The summed E-state index contributed by atoms with van der Waals surface area (Å²) in [4.78, 5) is 2.52. The summed E-state index contributed by atoms with van der Waals surface area (Å²) in [7, 11) is 0. The Kier molecular flexibility index (Phi) is 4.19. The lowest BCUT2D eigenvalue weighted by Crippen LogP contribution is -2.53. The summed E-state index contributed by atoms with van der Waals surface area (Å²) in [5.74, 6) is 1.84. The van der Waals surface area contributed by atoms with E-state index in [4.69, 9.17) is 0 Å². The van der Waals surface area contributed by atoms with E-state index in [1.54, 1.807) is 0 Å². The Labute approximate surface area is 138 Å². The van der Waals surface area contributed by atoms with Gasteiger partial charge in [-0.1, -0.05) is 60.7 Å². The molecular formula is C21H25NO. The fourth-order valence-corrected chi connectivity index (χ4v) is 4.75. The highest BCUT2D eigenvalue weighted by Crippen LogP contribution is 2.47. The summed E-state index contributed by atoms with van der Waals surface area (Å²) in [6, 6.07) is 22.3. The third-order valence-electron chi connectivity index (χ3n) is 5.91. The molecule has 0 aliphatic carbocycles. The first-order chi connectivity index (χ1) is 11.4. The van der Waals surface area contributed by atoms with Crippen molar-refractivity contribution >= 4 is 0 Å². The van der Waals surface area contributed by atoms with Crippen molar-refractivity contribution in [2.75, 3.05) is 19.7 Å². The molecule has 23 heavy (non-hydrogen) atoms. The first-order valence-electron chi connectivity index (χ1n) is 8.81. The van der Waals surface area contributed by atoms with Gasteiger partial charge in [-0.2, -0.15) is 0 Å². The highest BCUT2D eigenvalue weighted by Gasteiger charge is 2.43. The lowest BCUT2D eigenvalue weighted by Gasteiger charge is -2.51. The number of hydrogen-bond acceptors (Lipinski definition) is 2. The fraction of sp³-hybridized carbons (Fsp3) is 0.429. The Balaban J connectivity index is 1.68. The van der Waals surface area contributed by atoms with E-state index in [0.717, 1.165) is 19.5 Å². The van der Waals surface area contributed by atoms with Gasteiger partial charge in [0.1, 0.15) is 0 Å². The first kappa shape index (κ1) is 14.9. The number of aliphatic hydroxyl groups excluding tert-OH is 1. The Bertz CT molecular complexity index is 627. The summed E-state index contributed by atoms with van der Waals surface area (Å²) >= 11 is 0. The van der Waals surface area contributed by atoms with Crippen molar-refractivity contribution < 1.29 is 5.11 Å². The van der Waals surface area contributed by atoms with Crippen molar-refractivity contribution in [1.29, 1.82) is 0 Å². The van der Waals surface area contributed by atoms with E-state index in [1.807, 2.05) is 0 Å². The lowest BCUT2D eigenvalue weighted by atomic mass is 9.66. The zero-order valence-corrected chi connectivity index (χ0v) is 13.5. The van der Waals surface area contributed by atoms with Gasteiger partial charge in [-0.3, -0.25) is 4.90 Å². The Morgan fingerprint density at radius 2 is 1.48 bits per heavy atom. The van der Waals surface area contributed by atoms with Gasteiger partial charge in [-0.05, 0) is 48.3 Å². The smallest absolute Gasteiger partial charge is 0.0587 e. The van der Waals surface area contributed by atoms with E-state index < -0.39 is 0 Å². The van der Waals surface area contributed by atoms with Gasteiger partial charge in [0, 0.05) is 12.6 Å². The fourth-order valence-electron chi connectivity index (χ4n) is 4.75. The number of benzene rings is 2. The van der Waals surface area contributed by atoms with Crippen LogP contribution in [0.15, 0.2) is 60.7 Å². The molecule has 0 amide bonds. The normalized spacial score (nSPS) is 33.3. The molecule has 4 rings (SSSR count). The van der Waals surface area contributed by atoms with Crippen molar-refractivity contribution in [1.82, 2.24) is 4.90 Å². The molecule has 0 spiro atoms. The SMILES string of the molecule is OC[C@@H]1C[C@H](c2ccccc2)[C@H]2CN1CCC2c1ccccc1. The van der Waals surface area contributed by atoms with Gasteiger partial charge in [0.05, 0.1) is 6.61 Å².